The lowest BCUT2D eigenvalue weighted by atomic mass is 10.1. The normalized spacial score (nSPS) is 16.3. The molecule has 1 fully saturated rings. The Kier molecular flexibility index (Phi) is 5.99. The number of aromatic nitrogens is 2. The Balaban J connectivity index is 2.36. The van der Waals surface area contributed by atoms with Gasteiger partial charge in [-0.15, -0.1) is 0 Å². The molecular weight excluding hydrogens is 330 g/mol. The van der Waals surface area contributed by atoms with Gasteiger partial charge in [-0.1, -0.05) is 13.8 Å². The number of halogens is 1. The van der Waals surface area contributed by atoms with Crippen molar-refractivity contribution in [2.24, 2.45) is 11.8 Å². The summed E-state index contributed by atoms with van der Waals surface area (Å²) in [4.78, 5) is 9.53. The van der Waals surface area contributed by atoms with Crippen molar-refractivity contribution >= 4 is 21.7 Å². The van der Waals surface area contributed by atoms with Crippen LogP contribution in [0.4, 0.5) is 5.82 Å². The minimum absolute atomic E-state index is 0.0476. The summed E-state index contributed by atoms with van der Waals surface area (Å²) in [6, 6.07) is 0. The Morgan fingerprint density at radius 1 is 1.29 bits per heavy atom. The van der Waals surface area contributed by atoms with Gasteiger partial charge < -0.3 is 10.1 Å². The van der Waals surface area contributed by atoms with Gasteiger partial charge >= 0.3 is 0 Å². The summed E-state index contributed by atoms with van der Waals surface area (Å²) < 4.78 is 6.91. The van der Waals surface area contributed by atoms with Crippen LogP contribution in [0.25, 0.3) is 0 Å². The molecule has 1 heterocycles. The van der Waals surface area contributed by atoms with E-state index in [9.17, 15) is 0 Å². The molecule has 1 aliphatic rings. The van der Waals surface area contributed by atoms with Crippen molar-refractivity contribution in [3.63, 3.8) is 0 Å². The summed E-state index contributed by atoms with van der Waals surface area (Å²) in [6.45, 7) is 10.1. The first-order chi connectivity index (χ1) is 10.1. The minimum atomic E-state index is 0.0476. The number of nitrogens with one attached hydrogen (secondary N) is 1. The van der Waals surface area contributed by atoms with E-state index in [-0.39, 0.29) is 6.10 Å². The van der Waals surface area contributed by atoms with E-state index >= 15 is 0 Å². The van der Waals surface area contributed by atoms with Crippen LogP contribution in [0.2, 0.25) is 0 Å². The summed E-state index contributed by atoms with van der Waals surface area (Å²) in [5.41, 5.74) is 1.08. The van der Waals surface area contributed by atoms with Gasteiger partial charge in [-0.2, -0.15) is 0 Å². The van der Waals surface area contributed by atoms with E-state index in [1.807, 2.05) is 6.92 Å². The van der Waals surface area contributed by atoms with Crippen LogP contribution in [0.3, 0.4) is 0 Å². The lowest BCUT2D eigenvalue weighted by Crippen LogP contribution is -2.15. The summed E-state index contributed by atoms with van der Waals surface area (Å²) in [5.74, 6) is 2.88. The van der Waals surface area contributed by atoms with Gasteiger partial charge in [0.15, 0.2) is 5.82 Å². The Morgan fingerprint density at radius 2 is 2.00 bits per heavy atom. The van der Waals surface area contributed by atoms with E-state index in [0.29, 0.717) is 18.4 Å². The number of ether oxygens (including phenoxy) is 1. The Morgan fingerprint density at radius 3 is 2.52 bits per heavy atom. The highest BCUT2D eigenvalue weighted by Crippen LogP contribution is 2.43. The molecule has 1 saturated carbocycles. The lowest BCUT2D eigenvalue weighted by molar-refractivity contribution is 0.0399. The van der Waals surface area contributed by atoms with E-state index in [0.717, 1.165) is 34.8 Å². The highest BCUT2D eigenvalue weighted by atomic mass is 79.9. The van der Waals surface area contributed by atoms with Crippen molar-refractivity contribution in [2.45, 2.75) is 53.1 Å². The monoisotopic (exact) mass is 355 g/mol. The van der Waals surface area contributed by atoms with Gasteiger partial charge in [0, 0.05) is 13.2 Å². The average Bonchev–Trinajstić information content (AvgIpc) is 3.24. The third-order valence-electron chi connectivity index (χ3n) is 3.53. The number of anilines is 1. The zero-order valence-electron chi connectivity index (χ0n) is 13.4. The fourth-order valence-electron chi connectivity index (χ4n) is 2.45. The van der Waals surface area contributed by atoms with Crippen LogP contribution < -0.4 is 5.32 Å². The standard InChI is InChI=1S/C16H26BrN3O/c1-5-18-15-13(17)12(9-10(3)4)19-16(20-15)14(21-6-2)11-7-8-11/h10-11,14H,5-9H2,1-4H3,(H,18,19,20). The molecule has 1 unspecified atom stereocenters. The zero-order chi connectivity index (χ0) is 15.4. The van der Waals surface area contributed by atoms with Crippen molar-refractivity contribution in [3.8, 4) is 0 Å². The number of hydrogen-bond donors (Lipinski definition) is 1. The summed E-state index contributed by atoms with van der Waals surface area (Å²) in [7, 11) is 0. The van der Waals surface area contributed by atoms with Gasteiger partial charge in [0.25, 0.3) is 0 Å². The second-order valence-corrected chi connectivity index (χ2v) is 6.83. The van der Waals surface area contributed by atoms with Gasteiger partial charge in [-0.25, -0.2) is 9.97 Å². The quantitative estimate of drug-likeness (QED) is 0.752. The van der Waals surface area contributed by atoms with Crippen molar-refractivity contribution in [1.82, 2.24) is 9.97 Å². The maximum Gasteiger partial charge on any atom is 0.160 e. The molecule has 1 aliphatic carbocycles. The molecule has 0 saturated heterocycles. The maximum absolute atomic E-state index is 5.92. The summed E-state index contributed by atoms with van der Waals surface area (Å²) in [6.07, 6.45) is 3.43. The third kappa shape index (κ3) is 4.39. The molecule has 118 valence electrons. The fraction of sp³-hybridized carbons (Fsp3) is 0.750. The van der Waals surface area contributed by atoms with Gasteiger partial charge in [-0.3, -0.25) is 0 Å². The molecule has 1 aromatic heterocycles. The Hall–Kier alpha value is -0.680. The topological polar surface area (TPSA) is 47.0 Å². The first kappa shape index (κ1) is 16.7. The van der Waals surface area contributed by atoms with Crippen LogP contribution in [0.15, 0.2) is 4.47 Å². The zero-order valence-corrected chi connectivity index (χ0v) is 15.0. The molecule has 21 heavy (non-hydrogen) atoms. The smallest absolute Gasteiger partial charge is 0.160 e. The molecule has 0 spiro atoms. The summed E-state index contributed by atoms with van der Waals surface area (Å²) >= 11 is 3.66. The molecule has 1 N–H and O–H groups in total. The van der Waals surface area contributed by atoms with E-state index in [4.69, 9.17) is 14.7 Å². The highest BCUT2D eigenvalue weighted by molar-refractivity contribution is 9.10. The Bertz CT molecular complexity index is 475. The predicted molar refractivity (Wildman–Crippen MR) is 89.5 cm³/mol. The lowest BCUT2D eigenvalue weighted by Gasteiger charge is -2.19. The van der Waals surface area contributed by atoms with Crippen molar-refractivity contribution in [1.29, 1.82) is 0 Å². The van der Waals surface area contributed by atoms with Crippen molar-refractivity contribution in [2.75, 3.05) is 18.5 Å². The van der Waals surface area contributed by atoms with Gasteiger partial charge in [-0.05, 0) is 60.9 Å². The molecule has 1 aromatic rings. The molecule has 0 bridgehead atoms. The van der Waals surface area contributed by atoms with Crippen LogP contribution in [-0.2, 0) is 11.2 Å². The highest BCUT2D eigenvalue weighted by Gasteiger charge is 2.35. The van der Waals surface area contributed by atoms with Crippen LogP contribution in [0.5, 0.6) is 0 Å². The van der Waals surface area contributed by atoms with Gasteiger partial charge in [0.05, 0.1) is 10.2 Å². The average molecular weight is 356 g/mol. The fourth-order valence-corrected chi connectivity index (χ4v) is 2.93. The molecule has 0 amide bonds. The van der Waals surface area contributed by atoms with E-state index in [1.165, 1.54) is 12.8 Å². The second-order valence-electron chi connectivity index (χ2n) is 6.03. The van der Waals surface area contributed by atoms with Crippen LogP contribution in [-0.4, -0.2) is 23.1 Å². The molecule has 5 heteroatoms. The molecule has 2 rings (SSSR count). The van der Waals surface area contributed by atoms with Gasteiger partial charge in [0.2, 0.25) is 0 Å². The largest absolute Gasteiger partial charge is 0.370 e. The molecule has 0 aliphatic heterocycles. The van der Waals surface area contributed by atoms with E-state index in [1.54, 1.807) is 0 Å². The van der Waals surface area contributed by atoms with Crippen LogP contribution >= 0.6 is 15.9 Å². The molecule has 4 nitrogen and oxygen atoms in total. The molecule has 1 atom stereocenters. The number of rotatable bonds is 8. The first-order valence-electron chi connectivity index (χ1n) is 7.98. The minimum Gasteiger partial charge on any atom is -0.370 e. The maximum atomic E-state index is 5.92. The summed E-state index contributed by atoms with van der Waals surface area (Å²) in [5, 5.41) is 3.33. The van der Waals surface area contributed by atoms with Gasteiger partial charge in [0.1, 0.15) is 11.9 Å². The van der Waals surface area contributed by atoms with E-state index < -0.39 is 0 Å². The molecule has 0 radical (unpaired) electrons. The molecule has 0 aromatic carbocycles. The number of hydrogen-bond acceptors (Lipinski definition) is 4. The predicted octanol–water partition coefficient (Wildman–Crippen LogP) is 4.36. The van der Waals surface area contributed by atoms with Crippen molar-refractivity contribution in [3.05, 3.63) is 16.0 Å². The third-order valence-corrected chi connectivity index (χ3v) is 4.37. The second kappa shape index (κ2) is 7.54. The molecular formula is C16H26BrN3O. The van der Waals surface area contributed by atoms with Crippen LogP contribution in [0.1, 0.15) is 58.2 Å². The number of nitrogens with zero attached hydrogens (tertiary/aromatic N) is 2. The SMILES string of the molecule is CCNc1nc(C(OCC)C2CC2)nc(CC(C)C)c1Br. The van der Waals surface area contributed by atoms with E-state index in [2.05, 4.69) is 42.0 Å². The van der Waals surface area contributed by atoms with Crippen LogP contribution in [0, 0.1) is 11.8 Å². The van der Waals surface area contributed by atoms with Crippen molar-refractivity contribution < 1.29 is 4.74 Å². The Labute approximate surface area is 136 Å². The first-order valence-corrected chi connectivity index (χ1v) is 8.77.